The molecule has 0 amide bonds. The van der Waals surface area contributed by atoms with Gasteiger partial charge in [-0.05, 0) is 12.1 Å². The summed E-state index contributed by atoms with van der Waals surface area (Å²) in [6.07, 6.45) is 3.97. The van der Waals surface area contributed by atoms with Crippen LogP contribution in [0.1, 0.15) is 11.8 Å². The second-order valence-corrected chi connectivity index (χ2v) is 1.40. The van der Waals surface area contributed by atoms with Gasteiger partial charge >= 0.3 is 29.6 Å². The van der Waals surface area contributed by atoms with Crippen LogP contribution < -0.4 is 29.6 Å². The number of rotatable bonds is 1. The van der Waals surface area contributed by atoms with Crippen LogP contribution in [-0.4, -0.2) is 11.3 Å². The van der Waals surface area contributed by atoms with Gasteiger partial charge in [0.05, 0.1) is 0 Å². The molecule has 0 saturated carbocycles. The minimum atomic E-state index is 0. The molecule has 0 fully saturated rings. The molecule has 0 aliphatic heterocycles. The Balaban J connectivity index is 0. The van der Waals surface area contributed by atoms with Gasteiger partial charge in [0.1, 0.15) is 6.29 Å². The molecule has 0 atom stereocenters. The number of nitrogens with zero attached hydrogens (tertiary/aromatic N) is 1. The molecule has 42 valence electrons. The smallest absolute Gasteiger partial charge is 1.00 e. The molecule has 0 aliphatic rings. The van der Waals surface area contributed by atoms with Crippen LogP contribution in [0, 0.1) is 0 Å². The van der Waals surface area contributed by atoms with Gasteiger partial charge in [0.25, 0.3) is 0 Å². The van der Waals surface area contributed by atoms with Gasteiger partial charge in [-0.25, -0.2) is 0 Å². The minimum Gasteiger partial charge on any atom is -1.00 e. The predicted molar refractivity (Wildman–Crippen MR) is 30.7 cm³/mol. The number of pyridine rings is 1. The van der Waals surface area contributed by atoms with Gasteiger partial charge in [-0.3, -0.25) is 9.78 Å². The Morgan fingerprint density at radius 2 is 2.00 bits per heavy atom. The molecule has 3 heteroatoms. The fourth-order valence-electron chi connectivity index (χ4n) is 0.442. The van der Waals surface area contributed by atoms with Crippen molar-refractivity contribution in [1.29, 1.82) is 0 Å². The zero-order valence-electron chi connectivity index (χ0n) is 6.24. The average molecular weight is 131 g/mol. The van der Waals surface area contributed by atoms with Crippen molar-refractivity contribution in [2.45, 2.75) is 0 Å². The number of hydrogen-bond donors (Lipinski definition) is 0. The van der Waals surface area contributed by atoms with E-state index in [4.69, 9.17) is 0 Å². The fraction of sp³-hybridized carbons (Fsp3) is 0. The van der Waals surface area contributed by atoms with Gasteiger partial charge in [0.2, 0.25) is 0 Å². The van der Waals surface area contributed by atoms with Crippen molar-refractivity contribution in [1.82, 2.24) is 4.98 Å². The molecule has 0 spiro atoms. The van der Waals surface area contributed by atoms with Crippen molar-refractivity contribution in [2.24, 2.45) is 0 Å². The van der Waals surface area contributed by atoms with Crippen molar-refractivity contribution < 1.29 is 35.8 Å². The molecule has 1 rings (SSSR count). The van der Waals surface area contributed by atoms with Gasteiger partial charge in [-0.1, -0.05) is 0 Å². The Morgan fingerprint density at radius 3 is 2.33 bits per heavy atom. The van der Waals surface area contributed by atoms with Gasteiger partial charge in [-0.15, -0.1) is 0 Å². The largest absolute Gasteiger partial charge is 1.00 e. The van der Waals surface area contributed by atoms with E-state index in [0.717, 1.165) is 6.29 Å². The van der Waals surface area contributed by atoms with Crippen LogP contribution in [-0.2, 0) is 0 Å². The molecule has 1 aromatic heterocycles. The summed E-state index contributed by atoms with van der Waals surface area (Å²) in [6.45, 7) is 0. The molecule has 1 heterocycles. The number of hydrogen-bond acceptors (Lipinski definition) is 2. The van der Waals surface area contributed by atoms with E-state index in [1.807, 2.05) is 0 Å². The summed E-state index contributed by atoms with van der Waals surface area (Å²) >= 11 is 0. The molecule has 0 saturated heterocycles. The van der Waals surface area contributed by atoms with E-state index in [2.05, 4.69) is 4.98 Å². The number of carbonyl (C=O) groups is 1. The van der Waals surface area contributed by atoms with Crippen LogP contribution >= 0.6 is 0 Å². The molecule has 9 heavy (non-hydrogen) atoms. The summed E-state index contributed by atoms with van der Waals surface area (Å²) in [5, 5.41) is 0. The molecule has 0 aromatic carbocycles. The minimum absolute atomic E-state index is 0. The molecule has 1 aromatic rings. The first-order valence-electron chi connectivity index (χ1n) is 2.28. The maximum Gasteiger partial charge on any atom is 1.00 e. The predicted octanol–water partition coefficient (Wildman–Crippen LogP) is -1.99. The standard InChI is InChI=1S/C6H5NO.Na.H/c8-5-6-1-3-7-4-2-6;;/h1-5H;;/q;+1;-1. The Labute approximate surface area is 77.1 Å². The fourth-order valence-corrected chi connectivity index (χ4v) is 0.442. The van der Waals surface area contributed by atoms with Crippen molar-refractivity contribution in [3.63, 3.8) is 0 Å². The summed E-state index contributed by atoms with van der Waals surface area (Å²) in [7, 11) is 0. The molecular weight excluding hydrogens is 125 g/mol. The topological polar surface area (TPSA) is 30.0 Å². The van der Waals surface area contributed by atoms with Crippen molar-refractivity contribution >= 4 is 6.29 Å². The van der Waals surface area contributed by atoms with E-state index in [1.165, 1.54) is 0 Å². The normalized spacial score (nSPS) is 7.56. The Hall–Kier alpha value is -0.180. The molecule has 0 aliphatic carbocycles. The molecular formula is C6H6NNaO. The third kappa shape index (κ3) is 2.75. The number of aromatic nitrogens is 1. The summed E-state index contributed by atoms with van der Waals surface area (Å²) < 4.78 is 0. The maximum atomic E-state index is 9.98. The van der Waals surface area contributed by atoms with Crippen LogP contribution in [0.2, 0.25) is 0 Å². The maximum absolute atomic E-state index is 9.98. The Bertz CT molecular complexity index is 180. The van der Waals surface area contributed by atoms with Crippen molar-refractivity contribution in [3.8, 4) is 0 Å². The summed E-state index contributed by atoms with van der Waals surface area (Å²) in [5.41, 5.74) is 0.667. The summed E-state index contributed by atoms with van der Waals surface area (Å²) in [6, 6.07) is 3.32. The van der Waals surface area contributed by atoms with Crippen LogP contribution in [0.25, 0.3) is 0 Å². The van der Waals surface area contributed by atoms with Crippen molar-refractivity contribution in [3.05, 3.63) is 30.1 Å². The second-order valence-electron chi connectivity index (χ2n) is 1.40. The average Bonchev–Trinajstić information content (AvgIpc) is 1.90. The van der Waals surface area contributed by atoms with Crippen LogP contribution in [0.3, 0.4) is 0 Å². The zero-order valence-corrected chi connectivity index (χ0v) is 7.24. The van der Waals surface area contributed by atoms with Gasteiger partial charge in [-0.2, -0.15) is 0 Å². The van der Waals surface area contributed by atoms with Crippen molar-refractivity contribution in [2.75, 3.05) is 0 Å². The summed E-state index contributed by atoms with van der Waals surface area (Å²) in [5.74, 6) is 0. The SMILES string of the molecule is O=Cc1ccncc1.[H-].[Na+]. The van der Waals surface area contributed by atoms with Crippen LogP contribution in [0.4, 0.5) is 0 Å². The van der Waals surface area contributed by atoms with Crippen LogP contribution in [0.15, 0.2) is 24.5 Å². The third-order valence-corrected chi connectivity index (χ3v) is 0.842. The number of carbonyl (C=O) groups excluding carboxylic acids is 1. The molecule has 2 nitrogen and oxygen atoms in total. The third-order valence-electron chi connectivity index (χ3n) is 0.842. The van der Waals surface area contributed by atoms with Gasteiger partial charge in [0.15, 0.2) is 0 Å². The van der Waals surface area contributed by atoms with E-state index < -0.39 is 0 Å². The Kier molecular flexibility index (Phi) is 4.58. The van der Waals surface area contributed by atoms with E-state index >= 15 is 0 Å². The zero-order chi connectivity index (χ0) is 5.82. The summed E-state index contributed by atoms with van der Waals surface area (Å²) in [4.78, 5) is 13.7. The number of aldehydes is 1. The first kappa shape index (κ1) is 8.82. The van der Waals surface area contributed by atoms with E-state index in [1.54, 1.807) is 24.5 Å². The van der Waals surface area contributed by atoms with E-state index in [0.29, 0.717) is 5.56 Å². The van der Waals surface area contributed by atoms with Crippen LogP contribution in [0.5, 0.6) is 0 Å². The first-order valence-corrected chi connectivity index (χ1v) is 2.28. The van der Waals surface area contributed by atoms with Gasteiger partial charge < -0.3 is 1.43 Å². The van der Waals surface area contributed by atoms with E-state index in [-0.39, 0.29) is 31.0 Å². The quantitative estimate of drug-likeness (QED) is 0.326. The second kappa shape index (κ2) is 4.68. The molecule has 0 radical (unpaired) electrons. The molecule has 0 unspecified atom stereocenters. The first-order chi connectivity index (χ1) is 3.93. The monoisotopic (exact) mass is 131 g/mol. The molecule has 0 bridgehead atoms. The van der Waals surface area contributed by atoms with Gasteiger partial charge in [0, 0.05) is 18.0 Å². The Morgan fingerprint density at radius 1 is 1.44 bits per heavy atom. The van der Waals surface area contributed by atoms with E-state index in [9.17, 15) is 4.79 Å². The molecule has 0 N–H and O–H groups in total.